The quantitative estimate of drug-likeness (QED) is 0.781. The Kier molecular flexibility index (Phi) is 6.46. The number of hydrogen-bond acceptors (Lipinski definition) is 2. The van der Waals surface area contributed by atoms with Crippen molar-refractivity contribution in [2.75, 3.05) is 6.61 Å². The second-order valence-corrected chi connectivity index (χ2v) is 7.05. The summed E-state index contributed by atoms with van der Waals surface area (Å²) in [5.74, 6) is 0.416. The first-order valence-electron chi connectivity index (χ1n) is 8.72. The molecule has 3 N–H and O–H groups in total. The number of aryl methyl sites for hydroxylation is 2. The Morgan fingerprint density at radius 3 is 2.57 bits per heavy atom. The van der Waals surface area contributed by atoms with Gasteiger partial charge in [0.25, 0.3) is 0 Å². The molecule has 1 aromatic rings. The fraction of sp³-hybridized carbons (Fsp3) is 0.632. The van der Waals surface area contributed by atoms with E-state index in [9.17, 15) is 4.79 Å². The van der Waals surface area contributed by atoms with Crippen molar-refractivity contribution in [1.29, 1.82) is 0 Å². The normalized spacial score (nSPS) is 22.4. The lowest BCUT2D eigenvalue weighted by molar-refractivity contribution is 0.174. The average molecular weight is 318 g/mol. The highest BCUT2D eigenvalue weighted by Gasteiger charge is 2.22. The summed E-state index contributed by atoms with van der Waals surface area (Å²) < 4.78 is 0. The Bertz CT molecular complexity index is 522. The van der Waals surface area contributed by atoms with Crippen LogP contribution in [0.15, 0.2) is 18.2 Å². The fourth-order valence-corrected chi connectivity index (χ4v) is 3.40. The van der Waals surface area contributed by atoms with Gasteiger partial charge in [-0.1, -0.05) is 23.8 Å². The molecule has 2 rings (SSSR count). The van der Waals surface area contributed by atoms with Crippen LogP contribution in [0.25, 0.3) is 0 Å². The number of amides is 2. The summed E-state index contributed by atoms with van der Waals surface area (Å²) in [6.45, 7) is 6.53. The molecule has 23 heavy (non-hydrogen) atoms. The topological polar surface area (TPSA) is 61.4 Å². The van der Waals surface area contributed by atoms with Crippen LogP contribution < -0.4 is 10.6 Å². The lowest BCUT2D eigenvalue weighted by Gasteiger charge is -2.28. The molecule has 4 nitrogen and oxygen atoms in total. The van der Waals surface area contributed by atoms with Crippen molar-refractivity contribution in [2.24, 2.45) is 5.92 Å². The van der Waals surface area contributed by atoms with Crippen LogP contribution >= 0.6 is 0 Å². The summed E-state index contributed by atoms with van der Waals surface area (Å²) in [5.41, 5.74) is 3.83. The molecule has 1 aliphatic rings. The van der Waals surface area contributed by atoms with E-state index >= 15 is 0 Å². The van der Waals surface area contributed by atoms with Gasteiger partial charge in [0.1, 0.15) is 0 Å². The van der Waals surface area contributed by atoms with E-state index in [0.29, 0.717) is 5.92 Å². The predicted molar refractivity (Wildman–Crippen MR) is 93.6 cm³/mol. The Morgan fingerprint density at radius 2 is 1.96 bits per heavy atom. The van der Waals surface area contributed by atoms with Gasteiger partial charge in [-0.05, 0) is 69.9 Å². The zero-order chi connectivity index (χ0) is 16.8. The summed E-state index contributed by atoms with van der Waals surface area (Å²) in [6.07, 6.45) is 4.77. The molecule has 0 saturated heterocycles. The van der Waals surface area contributed by atoms with E-state index in [0.717, 1.165) is 32.1 Å². The molecule has 0 bridgehead atoms. The molecule has 0 heterocycles. The van der Waals surface area contributed by atoms with E-state index in [2.05, 4.69) is 42.7 Å². The number of nitrogens with one attached hydrogen (secondary N) is 2. The van der Waals surface area contributed by atoms with Gasteiger partial charge in [0.2, 0.25) is 0 Å². The van der Waals surface area contributed by atoms with Crippen molar-refractivity contribution in [3.8, 4) is 0 Å². The first-order chi connectivity index (χ1) is 11.0. The van der Waals surface area contributed by atoms with Crippen molar-refractivity contribution in [3.05, 3.63) is 34.9 Å². The molecular weight excluding hydrogens is 288 g/mol. The maximum Gasteiger partial charge on any atom is 0.315 e. The van der Waals surface area contributed by atoms with Crippen LogP contribution in [0.4, 0.5) is 4.79 Å². The molecule has 1 saturated carbocycles. The van der Waals surface area contributed by atoms with Crippen LogP contribution in [0, 0.1) is 19.8 Å². The SMILES string of the molecule is Cc1ccc(CC(C)NC(=O)NC2CCC(CO)CC2)c(C)c1. The van der Waals surface area contributed by atoms with E-state index in [1.54, 1.807) is 0 Å². The van der Waals surface area contributed by atoms with Gasteiger partial charge in [-0.3, -0.25) is 0 Å². The van der Waals surface area contributed by atoms with E-state index < -0.39 is 0 Å². The molecule has 4 heteroatoms. The molecule has 1 fully saturated rings. The maximum atomic E-state index is 12.1. The largest absolute Gasteiger partial charge is 0.396 e. The molecule has 1 aliphatic carbocycles. The molecule has 0 aromatic heterocycles. The van der Waals surface area contributed by atoms with Gasteiger partial charge >= 0.3 is 6.03 Å². The minimum absolute atomic E-state index is 0.0743. The highest BCUT2D eigenvalue weighted by atomic mass is 16.3. The van der Waals surface area contributed by atoms with Crippen molar-refractivity contribution in [1.82, 2.24) is 10.6 Å². The van der Waals surface area contributed by atoms with Crippen LogP contribution in [-0.2, 0) is 6.42 Å². The summed E-state index contributed by atoms with van der Waals surface area (Å²) in [6, 6.07) is 6.72. The van der Waals surface area contributed by atoms with Crippen molar-refractivity contribution < 1.29 is 9.90 Å². The van der Waals surface area contributed by atoms with Crippen molar-refractivity contribution in [2.45, 2.75) is 65.0 Å². The predicted octanol–water partition coefficient (Wildman–Crippen LogP) is 3.08. The van der Waals surface area contributed by atoms with E-state index in [-0.39, 0.29) is 24.7 Å². The standard InChI is InChI=1S/C19H30N2O2/c1-13-4-7-17(14(2)10-13)11-15(3)20-19(23)21-18-8-5-16(12-22)6-9-18/h4,7,10,15-16,18,22H,5-6,8-9,11-12H2,1-3H3,(H2,20,21,23). The third-order valence-corrected chi connectivity index (χ3v) is 4.84. The molecule has 0 spiro atoms. The van der Waals surface area contributed by atoms with E-state index in [4.69, 9.17) is 5.11 Å². The van der Waals surface area contributed by atoms with Crippen LogP contribution in [0.1, 0.15) is 49.3 Å². The summed E-state index contributed by atoms with van der Waals surface area (Å²) in [4.78, 5) is 12.1. The fourth-order valence-electron chi connectivity index (χ4n) is 3.40. The molecule has 128 valence electrons. The maximum absolute atomic E-state index is 12.1. The highest BCUT2D eigenvalue weighted by Crippen LogP contribution is 2.23. The van der Waals surface area contributed by atoms with Gasteiger partial charge in [0, 0.05) is 18.7 Å². The minimum atomic E-state index is -0.0743. The number of carbonyl (C=O) groups excluding carboxylic acids is 1. The van der Waals surface area contributed by atoms with Gasteiger partial charge < -0.3 is 15.7 Å². The third kappa shape index (κ3) is 5.54. The second kappa shape index (κ2) is 8.34. The second-order valence-electron chi connectivity index (χ2n) is 7.05. The van der Waals surface area contributed by atoms with Crippen molar-refractivity contribution >= 4 is 6.03 Å². The Hall–Kier alpha value is -1.55. The number of carbonyl (C=O) groups is 1. The van der Waals surface area contributed by atoms with Crippen LogP contribution in [-0.4, -0.2) is 29.8 Å². The highest BCUT2D eigenvalue weighted by molar-refractivity contribution is 5.74. The number of aliphatic hydroxyl groups is 1. The molecule has 0 aliphatic heterocycles. The molecule has 2 amide bonds. The first-order valence-corrected chi connectivity index (χ1v) is 8.72. The summed E-state index contributed by atoms with van der Waals surface area (Å²) >= 11 is 0. The lowest BCUT2D eigenvalue weighted by Crippen LogP contribution is -2.47. The lowest BCUT2D eigenvalue weighted by atomic mass is 9.87. The van der Waals surface area contributed by atoms with Crippen LogP contribution in [0.3, 0.4) is 0 Å². The number of rotatable bonds is 5. The third-order valence-electron chi connectivity index (χ3n) is 4.84. The molecule has 1 atom stereocenters. The first kappa shape index (κ1) is 17.8. The smallest absolute Gasteiger partial charge is 0.315 e. The number of benzene rings is 1. The summed E-state index contributed by atoms with van der Waals surface area (Å²) in [7, 11) is 0. The van der Waals surface area contributed by atoms with Crippen LogP contribution in [0.2, 0.25) is 0 Å². The van der Waals surface area contributed by atoms with E-state index in [1.807, 2.05) is 6.92 Å². The number of hydrogen-bond donors (Lipinski definition) is 3. The van der Waals surface area contributed by atoms with Gasteiger partial charge in [-0.25, -0.2) is 4.79 Å². The number of urea groups is 1. The Balaban J connectivity index is 1.76. The molecular formula is C19H30N2O2. The molecule has 1 aromatic carbocycles. The van der Waals surface area contributed by atoms with Gasteiger partial charge in [-0.2, -0.15) is 0 Å². The number of aliphatic hydroxyl groups excluding tert-OH is 1. The van der Waals surface area contributed by atoms with Gasteiger partial charge in [0.05, 0.1) is 0 Å². The van der Waals surface area contributed by atoms with Gasteiger partial charge in [0.15, 0.2) is 0 Å². The van der Waals surface area contributed by atoms with Crippen molar-refractivity contribution in [3.63, 3.8) is 0 Å². The Morgan fingerprint density at radius 1 is 1.26 bits per heavy atom. The molecule has 0 radical (unpaired) electrons. The minimum Gasteiger partial charge on any atom is -0.396 e. The summed E-state index contributed by atoms with van der Waals surface area (Å²) in [5, 5.41) is 15.3. The monoisotopic (exact) mass is 318 g/mol. The Labute approximate surface area is 139 Å². The van der Waals surface area contributed by atoms with Crippen LogP contribution in [0.5, 0.6) is 0 Å². The average Bonchev–Trinajstić information content (AvgIpc) is 2.50. The zero-order valence-corrected chi connectivity index (χ0v) is 14.6. The molecule has 1 unspecified atom stereocenters. The van der Waals surface area contributed by atoms with E-state index in [1.165, 1.54) is 16.7 Å². The van der Waals surface area contributed by atoms with Gasteiger partial charge in [-0.15, -0.1) is 0 Å². The zero-order valence-electron chi connectivity index (χ0n) is 14.6.